The first-order valence-electron chi connectivity index (χ1n) is 21.0. The van der Waals surface area contributed by atoms with Gasteiger partial charge in [-0.15, -0.1) is 0 Å². The molecule has 0 radical (unpaired) electrons. The molecule has 3 aliphatic heterocycles. The number of halogens is 2. The molecule has 4 amide bonds. The van der Waals surface area contributed by atoms with Crippen LogP contribution < -0.4 is 36.9 Å². The Bertz CT molecular complexity index is 2410. The van der Waals surface area contributed by atoms with Crippen molar-refractivity contribution >= 4 is 63.8 Å². The lowest BCUT2D eigenvalue weighted by Gasteiger charge is -2.37. The zero-order valence-electron chi connectivity index (χ0n) is 34.4. The summed E-state index contributed by atoms with van der Waals surface area (Å²) in [4.78, 5) is 66.1. The third-order valence-electron chi connectivity index (χ3n) is 11.4. The van der Waals surface area contributed by atoms with E-state index in [1.54, 1.807) is 79.0 Å². The fraction of sp³-hybridized carbons (Fsp3) is 0.311. The lowest BCUT2D eigenvalue weighted by atomic mass is 9.94. The van der Waals surface area contributed by atoms with E-state index >= 15 is 4.39 Å². The predicted octanol–water partition coefficient (Wildman–Crippen LogP) is 5.68. The van der Waals surface area contributed by atoms with Gasteiger partial charge in [0.15, 0.2) is 11.6 Å². The van der Waals surface area contributed by atoms with Crippen molar-refractivity contribution in [1.29, 1.82) is 0 Å². The molecular formula is C45H48F2N12O4. The Balaban J connectivity index is 0.732. The van der Waals surface area contributed by atoms with E-state index in [0.717, 1.165) is 77.0 Å². The summed E-state index contributed by atoms with van der Waals surface area (Å²) in [6.07, 6.45) is 6.19. The fourth-order valence-corrected chi connectivity index (χ4v) is 7.79. The standard InChI is InChI=1S/C45H48F2N12O4/c46-35-27-34(12-13-37(35)53-39-14-15-40(60)54-44(39)63)58-25-23-57(24-26-58)20-16-29-17-21-59(22-18-29)56-42(61)30-4-6-33(7-5-30)52-45-49-28-36(47)41(55-45)50-31-8-10-32(11-9-31)51-43(62)38-3-1-2-19-48-38/h1-13,19,27-29,39,53H,14-18,20-26H2,(H,51,62)(H,56,61)(H,54,60,63)(H2,49,50,52,55). The third kappa shape index (κ3) is 11.3. The molecule has 8 rings (SSSR count). The van der Waals surface area contributed by atoms with Crippen LogP contribution in [0.1, 0.15) is 53.0 Å². The number of pyridine rings is 1. The molecule has 3 aliphatic rings. The zero-order chi connectivity index (χ0) is 43.7. The number of benzene rings is 3. The molecule has 0 saturated carbocycles. The van der Waals surface area contributed by atoms with Crippen molar-refractivity contribution in [2.75, 3.05) is 72.0 Å². The molecule has 16 nitrogen and oxygen atoms in total. The topological polar surface area (TPSA) is 189 Å². The van der Waals surface area contributed by atoms with Crippen LogP contribution >= 0.6 is 0 Å². The van der Waals surface area contributed by atoms with Gasteiger partial charge in [-0.3, -0.25) is 39.8 Å². The minimum Gasteiger partial charge on any atom is -0.371 e. The van der Waals surface area contributed by atoms with Crippen molar-refractivity contribution in [2.45, 2.75) is 38.1 Å². The molecule has 3 fully saturated rings. The number of amides is 4. The number of anilines is 7. The molecule has 1 atom stereocenters. The smallest absolute Gasteiger partial charge is 0.274 e. The molecule has 3 aromatic carbocycles. The molecule has 63 heavy (non-hydrogen) atoms. The van der Waals surface area contributed by atoms with Gasteiger partial charge in [-0.05, 0) is 117 Å². The number of rotatable bonds is 14. The van der Waals surface area contributed by atoms with E-state index in [1.807, 2.05) is 11.1 Å². The van der Waals surface area contributed by atoms with Crippen LogP contribution in [-0.2, 0) is 9.59 Å². The molecule has 1 unspecified atom stereocenters. The minimum atomic E-state index is -0.650. The molecule has 3 saturated heterocycles. The molecule has 0 aliphatic carbocycles. The van der Waals surface area contributed by atoms with E-state index in [1.165, 1.54) is 6.07 Å². The number of piperidine rings is 2. The number of carbonyl (C=O) groups excluding carboxylic acids is 4. The van der Waals surface area contributed by atoms with E-state index in [-0.39, 0.29) is 47.3 Å². The summed E-state index contributed by atoms with van der Waals surface area (Å²) in [5, 5.41) is 16.0. The summed E-state index contributed by atoms with van der Waals surface area (Å²) in [7, 11) is 0. The fourth-order valence-electron chi connectivity index (χ4n) is 7.79. The lowest BCUT2D eigenvalue weighted by Crippen LogP contribution is -2.48. The van der Waals surface area contributed by atoms with E-state index in [2.05, 4.69) is 56.8 Å². The highest BCUT2D eigenvalue weighted by Gasteiger charge is 2.28. The van der Waals surface area contributed by atoms with Crippen LogP contribution in [0.4, 0.5) is 49.0 Å². The summed E-state index contributed by atoms with van der Waals surface area (Å²) in [6.45, 7) is 5.83. The van der Waals surface area contributed by atoms with Gasteiger partial charge in [0.2, 0.25) is 17.8 Å². The quantitative estimate of drug-likeness (QED) is 0.0750. The number of hydrogen-bond donors (Lipinski definition) is 6. The van der Waals surface area contributed by atoms with Crippen molar-refractivity contribution in [2.24, 2.45) is 5.92 Å². The Morgan fingerprint density at radius 2 is 1.49 bits per heavy atom. The molecule has 5 heterocycles. The average Bonchev–Trinajstić information content (AvgIpc) is 3.30. The van der Waals surface area contributed by atoms with E-state index in [9.17, 15) is 23.6 Å². The van der Waals surface area contributed by atoms with E-state index in [4.69, 9.17) is 0 Å². The number of hydrogen-bond acceptors (Lipinski definition) is 13. The van der Waals surface area contributed by atoms with Crippen LogP contribution in [0.3, 0.4) is 0 Å². The van der Waals surface area contributed by atoms with Gasteiger partial charge in [0.05, 0.1) is 11.9 Å². The minimum absolute atomic E-state index is 0.0432. The Kier molecular flexibility index (Phi) is 13.4. The Morgan fingerprint density at radius 3 is 2.21 bits per heavy atom. The summed E-state index contributed by atoms with van der Waals surface area (Å²) in [6, 6.07) is 23.1. The molecule has 6 N–H and O–H groups in total. The maximum absolute atomic E-state index is 15.0. The second-order valence-electron chi connectivity index (χ2n) is 15.8. The summed E-state index contributed by atoms with van der Waals surface area (Å²) >= 11 is 0. The molecule has 5 aromatic rings. The summed E-state index contributed by atoms with van der Waals surface area (Å²) in [5.41, 5.74) is 6.58. The first-order chi connectivity index (χ1) is 30.6. The van der Waals surface area contributed by atoms with Crippen LogP contribution in [0.15, 0.2) is 97.3 Å². The van der Waals surface area contributed by atoms with Gasteiger partial charge in [-0.25, -0.2) is 18.8 Å². The Labute approximate surface area is 362 Å². The van der Waals surface area contributed by atoms with Crippen molar-refractivity contribution in [3.63, 3.8) is 0 Å². The first kappa shape index (κ1) is 42.6. The maximum Gasteiger partial charge on any atom is 0.274 e. The number of nitrogens with zero attached hydrogens (tertiary/aromatic N) is 6. The van der Waals surface area contributed by atoms with E-state index in [0.29, 0.717) is 35.0 Å². The number of imide groups is 1. The van der Waals surface area contributed by atoms with E-state index < -0.39 is 23.6 Å². The average molecular weight is 859 g/mol. The number of nitrogens with one attached hydrogen (secondary N) is 6. The molecule has 0 bridgehead atoms. The number of carbonyl (C=O) groups is 4. The van der Waals surface area contributed by atoms with Crippen LogP contribution in [0.2, 0.25) is 0 Å². The lowest BCUT2D eigenvalue weighted by molar-refractivity contribution is -0.133. The van der Waals surface area contributed by atoms with Crippen molar-refractivity contribution in [3.8, 4) is 0 Å². The van der Waals surface area contributed by atoms with Crippen molar-refractivity contribution in [3.05, 3.63) is 120 Å². The van der Waals surface area contributed by atoms with Gasteiger partial charge in [0.25, 0.3) is 11.8 Å². The molecular weight excluding hydrogens is 811 g/mol. The molecule has 0 spiro atoms. The van der Waals surface area contributed by atoms with Crippen molar-refractivity contribution < 1.29 is 28.0 Å². The zero-order valence-corrected chi connectivity index (χ0v) is 34.4. The second kappa shape index (κ2) is 19.8. The number of hydrazine groups is 1. The second-order valence-corrected chi connectivity index (χ2v) is 15.8. The maximum atomic E-state index is 15.0. The van der Waals surface area contributed by atoms with Gasteiger partial charge in [0.1, 0.15) is 17.6 Å². The third-order valence-corrected chi connectivity index (χ3v) is 11.4. The van der Waals surface area contributed by atoms with Gasteiger partial charge in [-0.2, -0.15) is 4.98 Å². The molecule has 18 heteroatoms. The van der Waals surface area contributed by atoms with Gasteiger partial charge >= 0.3 is 0 Å². The Morgan fingerprint density at radius 1 is 0.762 bits per heavy atom. The van der Waals surface area contributed by atoms with Crippen LogP contribution in [0.5, 0.6) is 0 Å². The van der Waals surface area contributed by atoms with Crippen LogP contribution in [-0.4, -0.2) is 100 Å². The Hall–Kier alpha value is -7.05. The monoisotopic (exact) mass is 858 g/mol. The number of piperazine rings is 1. The summed E-state index contributed by atoms with van der Waals surface area (Å²) < 4.78 is 29.7. The molecule has 2 aromatic heterocycles. The van der Waals surface area contributed by atoms with Crippen LogP contribution in [0.25, 0.3) is 0 Å². The van der Waals surface area contributed by atoms with Gasteiger partial charge in [-0.1, -0.05) is 6.07 Å². The molecule has 326 valence electrons. The first-order valence-corrected chi connectivity index (χ1v) is 21.0. The highest BCUT2D eigenvalue weighted by molar-refractivity contribution is 6.03. The van der Waals surface area contributed by atoms with Crippen molar-refractivity contribution in [1.82, 2.24) is 35.6 Å². The SMILES string of the molecule is O=C1CCC(Nc2ccc(N3CCN(CCC4CCN(NC(=O)c5ccc(Nc6ncc(F)c(Nc7ccc(NC(=O)c8ccccn8)cc7)n6)cc5)CC4)CC3)cc2F)C(=O)N1. The number of aromatic nitrogens is 3. The van der Waals surface area contributed by atoms with Gasteiger partial charge in [0, 0.05) is 80.2 Å². The summed E-state index contributed by atoms with van der Waals surface area (Å²) in [5.74, 6) is -1.70. The highest BCUT2D eigenvalue weighted by atomic mass is 19.1. The largest absolute Gasteiger partial charge is 0.371 e. The highest BCUT2D eigenvalue weighted by Crippen LogP contribution is 2.27. The van der Waals surface area contributed by atoms with Gasteiger partial charge < -0.3 is 26.2 Å². The predicted molar refractivity (Wildman–Crippen MR) is 235 cm³/mol. The normalized spacial score (nSPS) is 17.4. The van der Waals surface area contributed by atoms with Crippen LogP contribution in [0, 0.1) is 17.6 Å².